The molecule has 1 atom stereocenters. The Kier molecular flexibility index (Phi) is 2.07. The van der Waals surface area contributed by atoms with E-state index in [0.29, 0.717) is 6.92 Å². The fourth-order valence-electron chi connectivity index (χ4n) is 0.618. The van der Waals surface area contributed by atoms with Crippen molar-refractivity contribution in [3.8, 4) is 0 Å². The van der Waals surface area contributed by atoms with E-state index in [1.807, 2.05) is 0 Å². The molecular formula is C4H6F4N4. The normalized spacial score (nSPS) is 20.4. The Morgan fingerprint density at radius 2 is 2.00 bits per heavy atom. The summed E-state index contributed by atoms with van der Waals surface area (Å²) < 4.78 is 49.5. The summed E-state index contributed by atoms with van der Waals surface area (Å²) in [6.45, 7) is -0.197. The smallest absolute Gasteiger partial charge is 0.239 e. The molecule has 4 nitrogen and oxygen atoms in total. The molecule has 1 unspecified atom stereocenters. The summed E-state index contributed by atoms with van der Waals surface area (Å²) in [7, 11) is 0. The Bertz CT molecular complexity index is 193. The molecule has 0 amide bonds. The first kappa shape index (κ1) is 9.01. The standard InChI is InChI=1S/C4H6F4N4/c1-3(5)4(6,7)11-2-12(8)10-9-11/h3H,2H2,1H3. The highest BCUT2D eigenvalue weighted by Crippen LogP contribution is 2.29. The molecule has 0 aliphatic carbocycles. The zero-order valence-electron chi connectivity index (χ0n) is 6.09. The fraction of sp³-hybridized carbons (Fsp3) is 1.00. The Hall–Kier alpha value is -1.08. The monoisotopic (exact) mass is 186 g/mol. The second-order valence-corrected chi connectivity index (χ2v) is 2.26. The van der Waals surface area contributed by atoms with Crippen molar-refractivity contribution in [2.24, 2.45) is 10.4 Å². The van der Waals surface area contributed by atoms with Crippen molar-refractivity contribution in [3.05, 3.63) is 0 Å². The first-order valence-corrected chi connectivity index (χ1v) is 3.09. The second-order valence-electron chi connectivity index (χ2n) is 2.26. The molecule has 1 rings (SSSR count). The van der Waals surface area contributed by atoms with Crippen molar-refractivity contribution in [1.29, 1.82) is 0 Å². The van der Waals surface area contributed by atoms with Crippen LogP contribution < -0.4 is 0 Å². The molecule has 12 heavy (non-hydrogen) atoms. The van der Waals surface area contributed by atoms with Gasteiger partial charge in [-0.25, -0.2) is 4.39 Å². The third-order valence-corrected chi connectivity index (χ3v) is 1.32. The van der Waals surface area contributed by atoms with Gasteiger partial charge < -0.3 is 0 Å². The van der Waals surface area contributed by atoms with E-state index in [-0.39, 0.29) is 10.2 Å². The SMILES string of the molecule is CC(F)C(F)(F)N1CN(F)N=N1. The van der Waals surface area contributed by atoms with Gasteiger partial charge in [0.2, 0.25) is 0 Å². The van der Waals surface area contributed by atoms with E-state index in [1.165, 1.54) is 0 Å². The van der Waals surface area contributed by atoms with Crippen LogP contribution in [0.25, 0.3) is 0 Å². The Balaban J connectivity index is 2.65. The van der Waals surface area contributed by atoms with E-state index in [4.69, 9.17) is 0 Å². The number of rotatable bonds is 2. The molecule has 1 heterocycles. The second kappa shape index (κ2) is 2.76. The van der Waals surface area contributed by atoms with Crippen LogP contribution in [0.5, 0.6) is 0 Å². The van der Waals surface area contributed by atoms with Crippen LogP contribution in [0, 0.1) is 0 Å². The predicted molar refractivity (Wildman–Crippen MR) is 30.0 cm³/mol. The minimum atomic E-state index is -3.82. The molecule has 70 valence electrons. The molecular weight excluding hydrogens is 180 g/mol. The van der Waals surface area contributed by atoms with Gasteiger partial charge in [-0.1, -0.05) is 9.71 Å². The zero-order valence-corrected chi connectivity index (χ0v) is 6.09. The van der Waals surface area contributed by atoms with Gasteiger partial charge in [0.25, 0.3) is 0 Å². The van der Waals surface area contributed by atoms with E-state index in [9.17, 15) is 17.7 Å². The van der Waals surface area contributed by atoms with Crippen molar-refractivity contribution >= 4 is 0 Å². The molecule has 0 spiro atoms. The molecule has 0 saturated heterocycles. The maximum Gasteiger partial charge on any atom is 0.373 e. The molecule has 0 N–H and O–H groups in total. The Morgan fingerprint density at radius 3 is 2.33 bits per heavy atom. The maximum absolute atomic E-state index is 12.6. The van der Waals surface area contributed by atoms with E-state index < -0.39 is 18.9 Å². The van der Waals surface area contributed by atoms with Crippen LogP contribution in [0.1, 0.15) is 6.92 Å². The van der Waals surface area contributed by atoms with Gasteiger partial charge in [-0.15, -0.1) is 0 Å². The molecule has 0 saturated carbocycles. The van der Waals surface area contributed by atoms with Gasteiger partial charge in [-0.2, -0.15) is 13.8 Å². The first-order chi connectivity index (χ1) is 5.44. The number of halogens is 4. The van der Waals surface area contributed by atoms with E-state index in [1.54, 1.807) is 0 Å². The molecule has 0 bridgehead atoms. The van der Waals surface area contributed by atoms with Crippen molar-refractivity contribution in [2.45, 2.75) is 19.1 Å². The molecule has 0 radical (unpaired) electrons. The Labute approximate surface area is 65.3 Å². The van der Waals surface area contributed by atoms with E-state index in [0.717, 1.165) is 0 Å². The van der Waals surface area contributed by atoms with Crippen LogP contribution >= 0.6 is 0 Å². The molecule has 0 fully saturated rings. The van der Waals surface area contributed by atoms with Gasteiger partial charge in [0.15, 0.2) is 12.8 Å². The lowest BCUT2D eigenvalue weighted by Gasteiger charge is -2.24. The molecule has 1 aliphatic heterocycles. The van der Waals surface area contributed by atoms with Gasteiger partial charge in [0.1, 0.15) is 0 Å². The minimum Gasteiger partial charge on any atom is -0.239 e. The first-order valence-electron chi connectivity index (χ1n) is 3.09. The third kappa shape index (κ3) is 1.41. The molecule has 0 aromatic heterocycles. The van der Waals surface area contributed by atoms with Gasteiger partial charge >= 0.3 is 6.05 Å². The molecule has 0 aromatic carbocycles. The average Bonchev–Trinajstić information content (AvgIpc) is 2.35. The maximum atomic E-state index is 12.6. The lowest BCUT2D eigenvalue weighted by atomic mass is 10.3. The number of hydrogen-bond acceptors (Lipinski definition) is 4. The van der Waals surface area contributed by atoms with Crippen LogP contribution in [-0.4, -0.2) is 29.1 Å². The summed E-state index contributed by atoms with van der Waals surface area (Å²) in [4.78, 5) is 0. The van der Waals surface area contributed by atoms with Gasteiger partial charge in [-0.05, 0) is 17.4 Å². The topological polar surface area (TPSA) is 31.2 Å². The van der Waals surface area contributed by atoms with Crippen molar-refractivity contribution < 1.29 is 17.7 Å². The summed E-state index contributed by atoms with van der Waals surface area (Å²) in [6.07, 6.45) is -2.43. The summed E-state index contributed by atoms with van der Waals surface area (Å²) >= 11 is 0. The number of alkyl halides is 3. The van der Waals surface area contributed by atoms with Crippen LogP contribution in [0.2, 0.25) is 0 Å². The largest absolute Gasteiger partial charge is 0.373 e. The summed E-state index contributed by atoms with van der Waals surface area (Å²) in [5.41, 5.74) is 0. The van der Waals surface area contributed by atoms with Crippen LogP contribution in [0.15, 0.2) is 10.4 Å². The summed E-state index contributed by atoms with van der Waals surface area (Å²) in [6, 6.07) is -3.82. The predicted octanol–water partition coefficient (Wildman–Crippen LogP) is 1.68. The number of hydrogen-bond donors (Lipinski definition) is 0. The highest BCUT2D eigenvalue weighted by Gasteiger charge is 2.46. The van der Waals surface area contributed by atoms with E-state index >= 15 is 0 Å². The third-order valence-electron chi connectivity index (χ3n) is 1.32. The van der Waals surface area contributed by atoms with Gasteiger partial charge in [0, 0.05) is 0 Å². The lowest BCUT2D eigenvalue weighted by Crippen LogP contribution is -2.44. The summed E-state index contributed by atoms with van der Waals surface area (Å²) in [5.74, 6) is 0. The van der Waals surface area contributed by atoms with Gasteiger partial charge in [0.05, 0.1) is 0 Å². The quantitative estimate of drug-likeness (QED) is 0.373. The number of nitrogens with zero attached hydrogens (tertiary/aromatic N) is 4. The fourth-order valence-corrected chi connectivity index (χ4v) is 0.618. The van der Waals surface area contributed by atoms with Crippen LogP contribution in [-0.2, 0) is 0 Å². The highest BCUT2D eigenvalue weighted by atomic mass is 19.3. The van der Waals surface area contributed by atoms with Crippen molar-refractivity contribution in [3.63, 3.8) is 0 Å². The minimum absolute atomic E-state index is 0.0579. The van der Waals surface area contributed by atoms with E-state index in [2.05, 4.69) is 10.4 Å². The highest BCUT2D eigenvalue weighted by molar-refractivity contribution is 4.72. The molecule has 8 heteroatoms. The molecule has 1 aliphatic rings. The zero-order chi connectivity index (χ0) is 9.35. The van der Waals surface area contributed by atoms with Crippen LogP contribution in [0.3, 0.4) is 0 Å². The molecule has 0 aromatic rings. The van der Waals surface area contributed by atoms with Crippen molar-refractivity contribution in [1.82, 2.24) is 10.2 Å². The lowest BCUT2D eigenvalue weighted by molar-refractivity contribution is -0.197. The summed E-state index contributed by atoms with van der Waals surface area (Å²) in [5, 5.41) is 5.00. The van der Waals surface area contributed by atoms with Crippen LogP contribution in [0.4, 0.5) is 17.7 Å². The van der Waals surface area contributed by atoms with Crippen molar-refractivity contribution in [2.75, 3.05) is 6.67 Å². The Morgan fingerprint density at radius 1 is 1.42 bits per heavy atom. The average molecular weight is 186 g/mol. The van der Waals surface area contributed by atoms with Gasteiger partial charge in [-0.3, -0.25) is 0 Å².